The van der Waals surface area contributed by atoms with E-state index in [-0.39, 0.29) is 11.8 Å². The Hall–Kier alpha value is -3.33. The third-order valence-electron chi connectivity index (χ3n) is 5.12. The van der Waals surface area contributed by atoms with E-state index in [2.05, 4.69) is 15.3 Å². The number of thioether (sulfide) groups is 1. The summed E-state index contributed by atoms with van der Waals surface area (Å²) in [5.41, 5.74) is 2.17. The SMILES string of the molecule is C[C@@H]1N=C2c3ccccc3N=C(S[C@@H](C)C(=O)Nc3ccc4c(c3)OCCO4)N2C1=O. The second-order valence-corrected chi connectivity index (χ2v) is 8.63. The molecule has 3 aliphatic heterocycles. The molecule has 3 heterocycles. The molecular formula is C22H20N4O4S. The number of amidine groups is 2. The van der Waals surface area contributed by atoms with Crippen molar-refractivity contribution in [2.45, 2.75) is 25.1 Å². The monoisotopic (exact) mass is 436 g/mol. The second kappa shape index (κ2) is 7.73. The Morgan fingerprint density at radius 3 is 2.81 bits per heavy atom. The van der Waals surface area contributed by atoms with Gasteiger partial charge in [-0.3, -0.25) is 14.6 Å². The van der Waals surface area contributed by atoms with Crippen molar-refractivity contribution in [2.75, 3.05) is 18.5 Å². The fourth-order valence-electron chi connectivity index (χ4n) is 3.53. The van der Waals surface area contributed by atoms with E-state index in [1.165, 1.54) is 16.7 Å². The number of para-hydroxylation sites is 1. The third kappa shape index (κ3) is 3.54. The number of rotatable bonds is 3. The van der Waals surface area contributed by atoms with Gasteiger partial charge in [-0.05, 0) is 38.1 Å². The van der Waals surface area contributed by atoms with Gasteiger partial charge in [-0.25, -0.2) is 9.89 Å². The van der Waals surface area contributed by atoms with E-state index in [4.69, 9.17) is 9.47 Å². The van der Waals surface area contributed by atoms with Gasteiger partial charge in [-0.2, -0.15) is 0 Å². The number of benzene rings is 2. The molecule has 31 heavy (non-hydrogen) atoms. The molecule has 0 aliphatic carbocycles. The van der Waals surface area contributed by atoms with Crippen molar-refractivity contribution >= 4 is 46.0 Å². The summed E-state index contributed by atoms with van der Waals surface area (Å²) in [5.74, 6) is 1.51. The zero-order chi connectivity index (χ0) is 21.5. The maximum absolute atomic E-state index is 12.8. The van der Waals surface area contributed by atoms with Gasteiger partial charge in [0.25, 0.3) is 5.91 Å². The van der Waals surface area contributed by atoms with Gasteiger partial charge in [0.15, 0.2) is 16.7 Å². The van der Waals surface area contributed by atoms with Gasteiger partial charge in [0, 0.05) is 17.3 Å². The summed E-state index contributed by atoms with van der Waals surface area (Å²) in [5, 5.41) is 2.85. The normalized spacial score (nSPS) is 19.7. The van der Waals surface area contributed by atoms with Crippen LogP contribution in [0.15, 0.2) is 52.4 Å². The standard InChI is InChI=1S/C22H20N4O4S/c1-12-21(28)26-19(23-12)15-5-3-4-6-16(15)25-22(26)31-13(2)20(27)24-14-7-8-17-18(11-14)30-10-9-29-17/h3-8,11-13H,9-10H2,1-2H3,(H,24,27)/t12-,13-/m0/s1. The molecule has 3 aliphatic rings. The van der Waals surface area contributed by atoms with Gasteiger partial charge in [-0.15, -0.1) is 0 Å². The van der Waals surface area contributed by atoms with Gasteiger partial charge in [-0.1, -0.05) is 23.9 Å². The van der Waals surface area contributed by atoms with Gasteiger partial charge >= 0.3 is 0 Å². The van der Waals surface area contributed by atoms with Crippen molar-refractivity contribution in [3.63, 3.8) is 0 Å². The number of nitrogens with zero attached hydrogens (tertiary/aromatic N) is 3. The minimum absolute atomic E-state index is 0.143. The number of hydrogen-bond donors (Lipinski definition) is 1. The van der Waals surface area contributed by atoms with Crippen LogP contribution >= 0.6 is 11.8 Å². The van der Waals surface area contributed by atoms with Crippen molar-refractivity contribution in [3.8, 4) is 11.5 Å². The molecule has 0 saturated carbocycles. The van der Waals surface area contributed by atoms with Gasteiger partial charge < -0.3 is 14.8 Å². The number of carbonyl (C=O) groups is 2. The Bertz CT molecular complexity index is 1150. The number of carbonyl (C=O) groups excluding carboxylic acids is 2. The number of aliphatic imine (C=N–C) groups is 2. The number of nitrogens with one attached hydrogen (secondary N) is 1. The first-order valence-corrected chi connectivity index (χ1v) is 10.9. The van der Waals surface area contributed by atoms with E-state index >= 15 is 0 Å². The molecule has 2 aromatic rings. The van der Waals surface area contributed by atoms with Crippen LogP contribution in [0.3, 0.4) is 0 Å². The first-order valence-electron chi connectivity index (χ1n) is 9.98. The number of ether oxygens (including phenoxy) is 2. The average molecular weight is 436 g/mol. The third-order valence-corrected chi connectivity index (χ3v) is 6.17. The maximum Gasteiger partial charge on any atom is 0.258 e. The fourth-order valence-corrected chi connectivity index (χ4v) is 4.45. The van der Waals surface area contributed by atoms with Gasteiger partial charge in [0.2, 0.25) is 5.91 Å². The lowest BCUT2D eigenvalue weighted by Crippen LogP contribution is -2.41. The average Bonchev–Trinajstić information content (AvgIpc) is 3.08. The highest BCUT2D eigenvalue weighted by Gasteiger charge is 2.40. The molecule has 0 spiro atoms. The van der Waals surface area contributed by atoms with E-state index in [1.807, 2.05) is 24.3 Å². The number of fused-ring (bicyclic) bond motifs is 4. The molecule has 0 aromatic heterocycles. The molecule has 2 atom stereocenters. The zero-order valence-electron chi connectivity index (χ0n) is 17.0. The largest absolute Gasteiger partial charge is 0.486 e. The lowest BCUT2D eigenvalue weighted by molar-refractivity contribution is -0.124. The van der Waals surface area contributed by atoms with Crippen LogP contribution in [0.2, 0.25) is 0 Å². The maximum atomic E-state index is 12.8. The van der Waals surface area contributed by atoms with Crippen molar-refractivity contribution in [3.05, 3.63) is 48.0 Å². The predicted octanol–water partition coefficient (Wildman–Crippen LogP) is 3.20. The van der Waals surface area contributed by atoms with E-state index in [9.17, 15) is 9.59 Å². The minimum atomic E-state index is -0.498. The lowest BCUT2D eigenvalue weighted by atomic mass is 10.1. The highest BCUT2D eigenvalue weighted by atomic mass is 32.2. The van der Waals surface area contributed by atoms with Gasteiger partial charge in [0.05, 0.1) is 10.9 Å². The van der Waals surface area contributed by atoms with Crippen LogP contribution < -0.4 is 14.8 Å². The van der Waals surface area contributed by atoms with Crippen LogP contribution in [-0.2, 0) is 9.59 Å². The Labute approximate surface area is 183 Å². The van der Waals surface area contributed by atoms with Crippen LogP contribution in [0.1, 0.15) is 19.4 Å². The Morgan fingerprint density at radius 1 is 1.19 bits per heavy atom. The van der Waals surface area contributed by atoms with Crippen LogP contribution in [0, 0.1) is 0 Å². The van der Waals surface area contributed by atoms with Crippen LogP contribution in [0.4, 0.5) is 11.4 Å². The molecule has 158 valence electrons. The molecule has 0 fully saturated rings. The summed E-state index contributed by atoms with van der Waals surface area (Å²) >= 11 is 1.23. The summed E-state index contributed by atoms with van der Waals surface area (Å²) < 4.78 is 11.1. The molecule has 2 amide bonds. The highest BCUT2D eigenvalue weighted by molar-refractivity contribution is 8.15. The molecule has 9 heteroatoms. The van der Waals surface area contributed by atoms with E-state index in [1.54, 1.807) is 32.0 Å². The number of amides is 2. The van der Waals surface area contributed by atoms with Crippen molar-refractivity contribution in [1.82, 2.24) is 4.90 Å². The molecule has 0 saturated heterocycles. The number of anilines is 1. The Balaban J connectivity index is 1.35. The Morgan fingerprint density at radius 2 is 1.97 bits per heavy atom. The van der Waals surface area contributed by atoms with Crippen molar-refractivity contribution in [1.29, 1.82) is 0 Å². The molecule has 1 N–H and O–H groups in total. The topological polar surface area (TPSA) is 92.6 Å². The molecule has 0 unspecified atom stereocenters. The highest BCUT2D eigenvalue weighted by Crippen LogP contribution is 2.35. The molecule has 5 rings (SSSR count). The number of hydrogen-bond acceptors (Lipinski definition) is 7. The quantitative estimate of drug-likeness (QED) is 0.798. The summed E-state index contributed by atoms with van der Waals surface area (Å²) in [6, 6.07) is 12.4. The van der Waals surface area contributed by atoms with Crippen LogP contribution in [0.5, 0.6) is 11.5 Å². The molecule has 0 bridgehead atoms. The summed E-state index contributed by atoms with van der Waals surface area (Å²) in [6.45, 7) is 4.53. The summed E-state index contributed by atoms with van der Waals surface area (Å²) in [4.78, 5) is 36.3. The summed E-state index contributed by atoms with van der Waals surface area (Å²) in [6.07, 6.45) is 0. The van der Waals surface area contributed by atoms with Crippen LogP contribution in [0.25, 0.3) is 0 Å². The minimum Gasteiger partial charge on any atom is -0.486 e. The second-order valence-electron chi connectivity index (χ2n) is 7.32. The summed E-state index contributed by atoms with van der Waals surface area (Å²) in [7, 11) is 0. The van der Waals surface area contributed by atoms with Crippen molar-refractivity contribution in [2.24, 2.45) is 9.98 Å². The van der Waals surface area contributed by atoms with E-state index in [0.29, 0.717) is 41.4 Å². The zero-order valence-corrected chi connectivity index (χ0v) is 17.8. The lowest BCUT2D eigenvalue weighted by Gasteiger charge is -2.26. The fraction of sp³-hybridized carbons (Fsp3) is 0.273. The van der Waals surface area contributed by atoms with Crippen LogP contribution in [-0.4, -0.2) is 52.2 Å². The first-order chi connectivity index (χ1) is 15.0. The molecule has 0 radical (unpaired) electrons. The van der Waals surface area contributed by atoms with E-state index < -0.39 is 11.3 Å². The smallest absolute Gasteiger partial charge is 0.258 e. The molecule has 2 aromatic carbocycles. The molecule has 8 nitrogen and oxygen atoms in total. The van der Waals surface area contributed by atoms with Gasteiger partial charge in [0.1, 0.15) is 25.1 Å². The predicted molar refractivity (Wildman–Crippen MR) is 119 cm³/mol. The Kier molecular flexibility index (Phi) is 4.90. The first kappa shape index (κ1) is 19.6. The van der Waals surface area contributed by atoms with E-state index in [0.717, 1.165) is 11.3 Å². The molecular weight excluding hydrogens is 416 g/mol. The van der Waals surface area contributed by atoms with Crippen molar-refractivity contribution < 1.29 is 19.1 Å².